The SMILES string of the molecule is CC(N)(COC1CCC1)c1noc(-c2csnn2)n1. The third-order valence-electron chi connectivity index (χ3n) is 3.19. The van der Waals surface area contributed by atoms with Crippen molar-refractivity contribution in [3.05, 3.63) is 11.2 Å². The summed E-state index contributed by atoms with van der Waals surface area (Å²) in [5.41, 5.74) is 5.99. The van der Waals surface area contributed by atoms with Crippen LogP contribution in [-0.2, 0) is 10.3 Å². The minimum atomic E-state index is -0.763. The van der Waals surface area contributed by atoms with Crippen LogP contribution in [0.25, 0.3) is 11.6 Å². The fourth-order valence-corrected chi connectivity index (χ4v) is 2.14. The van der Waals surface area contributed by atoms with E-state index in [1.807, 2.05) is 6.92 Å². The van der Waals surface area contributed by atoms with Gasteiger partial charge >= 0.3 is 0 Å². The molecule has 0 saturated heterocycles. The maximum atomic E-state index is 6.19. The Hall–Kier alpha value is -1.38. The van der Waals surface area contributed by atoms with Crippen molar-refractivity contribution in [2.75, 3.05) is 6.61 Å². The first kappa shape index (κ1) is 12.6. The van der Waals surface area contributed by atoms with Crippen LogP contribution in [0.3, 0.4) is 0 Å². The van der Waals surface area contributed by atoms with Gasteiger partial charge in [-0.05, 0) is 37.7 Å². The summed E-state index contributed by atoms with van der Waals surface area (Å²) in [6.45, 7) is 2.21. The molecule has 0 radical (unpaired) electrons. The van der Waals surface area contributed by atoms with Crippen LogP contribution in [0.2, 0.25) is 0 Å². The van der Waals surface area contributed by atoms with Crippen molar-refractivity contribution in [2.45, 2.75) is 37.8 Å². The van der Waals surface area contributed by atoms with Crippen LogP contribution in [0, 0.1) is 0 Å². The van der Waals surface area contributed by atoms with E-state index in [1.54, 1.807) is 5.38 Å². The van der Waals surface area contributed by atoms with Gasteiger partial charge in [0.25, 0.3) is 5.89 Å². The van der Waals surface area contributed by atoms with Gasteiger partial charge in [0.1, 0.15) is 5.54 Å². The minimum Gasteiger partial charge on any atom is -0.376 e. The molecule has 1 atom stereocenters. The van der Waals surface area contributed by atoms with Crippen LogP contribution in [0.5, 0.6) is 0 Å². The molecule has 0 bridgehead atoms. The molecule has 7 nitrogen and oxygen atoms in total. The Morgan fingerprint density at radius 3 is 3.05 bits per heavy atom. The second-order valence-corrected chi connectivity index (χ2v) is 5.60. The average molecular weight is 281 g/mol. The van der Waals surface area contributed by atoms with Gasteiger partial charge < -0.3 is 15.0 Å². The monoisotopic (exact) mass is 281 g/mol. The van der Waals surface area contributed by atoms with Crippen LogP contribution < -0.4 is 5.73 Å². The van der Waals surface area contributed by atoms with Crippen LogP contribution in [-0.4, -0.2) is 32.4 Å². The lowest BCUT2D eigenvalue weighted by Gasteiger charge is -2.29. The Morgan fingerprint density at radius 1 is 1.58 bits per heavy atom. The lowest BCUT2D eigenvalue weighted by atomic mass is 9.95. The highest BCUT2D eigenvalue weighted by Gasteiger charge is 2.31. The highest BCUT2D eigenvalue weighted by Crippen LogP contribution is 2.25. The average Bonchev–Trinajstić information content (AvgIpc) is 2.98. The number of nitrogens with zero attached hydrogens (tertiary/aromatic N) is 4. The maximum Gasteiger partial charge on any atom is 0.279 e. The van der Waals surface area contributed by atoms with Gasteiger partial charge in [0.2, 0.25) is 0 Å². The molecule has 2 N–H and O–H groups in total. The summed E-state index contributed by atoms with van der Waals surface area (Å²) in [6.07, 6.45) is 3.78. The van der Waals surface area contributed by atoms with Crippen LogP contribution >= 0.6 is 11.5 Å². The maximum absolute atomic E-state index is 6.19. The fourth-order valence-electron chi connectivity index (χ4n) is 1.71. The molecule has 19 heavy (non-hydrogen) atoms. The number of rotatable bonds is 5. The third kappa shape index (κ3) is 2.65. The number of hydrogen-bond donors (Lipinski definition) is 1. The molecular weight excluding hydrogens is 266 g/mol. The number of nitrogens with two attached hydrogens (primary N) is 1. The van der Waals surface area contributed by atoms with E-state index in [9.17, 15) is 0 Å². The molecule has 102 valence electrons. The molecule has 1 saturated carbocycles. The van der Waals surface area contributed by atoms with Gasteiger partial charge in [0.15, 0.2) is 11.5 Å². The lowest BCUT2D eigenvalue weighted by molar-refractivity contribution is -0.0222. The van der Waals surface area contributed by atoms with Gasteiger partial charge in [-0.2, -0.15) is 4.98 Å². The molecule has 1 aliphatic carbocycles. The van der Waals surface area contributed by atoms with E-state index in [2.05, 4.69) is 19.7 Å². The Bertz CT molecular complexity index is 535. The predicted octanol–water partition coefficient (Wildman–Crippen LogP) is 1.33. The molecule has 2 aromatic heterocycles. The molecule has 1 fully saturated rings. The first-order chi connectivity index (χ1) is 9.15. The highest BCUT2D eigenvalue weighted by atomic mass is 32.1. The molecule has 1 unspecified atom stereocenters. The van der Waals surface area contributed by atoms with E-state index in [0.29, 0.717) is 30.1 Å². The van der Waals surface area contributed by atoms with Crippen molar-refractivity contribution >= 4 is 11.5 Å². The summed E-state index contributed by atoms with van der Waals surface area (Å²) in [6, 6.07) is 0. The van der Waals surface area contributed by atoms with E-state index in [1.165, 1.54) is 18.0 Å². The molecule has 3 rings (SSSR count). The summed E-state index contributed by atoms with van der Waals surface area (Å²) in [4.78, 5) is 4.27. The molecule has 0 spiro atoms. The summed E-state index contributed by atoms with van der Waals surface area (Å²) >= 11 is 1.23. The fraction of sp³-hybridized carbons (Fsp3) is 0.636. The first-order valence-electron chi connectivity index (χ1n) is 6.17. The van der Waals surface area contributed by atoms with Crippen molar-refractivity contribution < 1.29 is 9.26 Å². The lowest BCUT2D eigenvalue weighted by Crippen LogP contribution is -2.41. The van der Waals surface area contributed by atoms with Crippen molar-refractivity contribution in [1.82, 2.24) is 19.7 Å². The summed E-state index contributed by atoms with van der Waals surface area (Å²) < 4.78 is 14.6. The normalized spacial score (nSPS) is 19.1. The van der Waals surface area contributed by atoms with E-state index in [-0.39, 0.29) is 0 Å². The molecule has 2 heterocycles. The van der Waals surface area contributed by atoms with Crippen LogP contribution in [0.1, 0.15) is 32.0 Å². The number of ether oxygens (including phenoxy) is 1. The minimum absolute atomic E-state index is 0.331. The molecule has 8 heteroatoms. The topological polar surface area (TPSA) is 100.0 Å². The Labute approximate surface area is 114 Å². The van der Waals surface area contributed by atoms with Gasteiger partial charge in [-0.3, -0.25) is 0 Å². The largest absolute Gasteiger partial charge is 0.376 e. The second-order valence-electron chi connectivity index (χ2n) is 4.99. The number of aromatic nitrogens is 4. The van der Waals surface area contributed by atoms with Crippen molar-refractivity contribution in [1.29, 1.82) is 0 Å². The second kappa shape index (κ2) is 4.95. The van der Waals surface area contributed by atoms with Gasteiger partial charge in [-0.15, -0.1) is 5.10 Å². The molecule has 2 aromatic rings. The Morgan fingerprint density at radius 2 is 2.42 bits per heavy atom. The zero-order valence-electron chi connectivity index (χ0n) is 10.6. The van der Waals surface area contributed by atoms with Gasteiger partial charge in [0, 0.05) is 5.38 Å². The van der Waals surface area contributed by atoms with Crippen molar-refractivity contribution in [3.8, 4) is 11.6 Å². The molecule has 0 aromatic carbocycles. The summed E-state index contributed by atoms with van der Waals surface area (Å²) in [5.74, 6) is 0.763. The standard InChI is InChI=1S/C11H15N5O2S/c1-11(12,6-17-7-3-2-4-7)10-13-9(18-15-10)8-5-19-16-14-8/h5,7H,2-4,6,12H2,1H3. The molecule has 0 amide bonds. The number of hydrogen-bond acceptors (Lipinski definition) is 8. The van der Waals surface area contributed by atoms with E-state index in [0.717, 1.165) is 12.8 Å². The summed E-state index contributed by atoms with van der Waals surface area (Å²) in [5, 5.41) is 9.54. The Balaban J connectivity index is 1.69. The van der Waals surface area contributed by atoms with E-state index in [4.69, 9.17) is 15.0 Å². The predicted molar refractivity (Wildman–Crippen MR) is 68.3 cm³/mol. The van der Waals surface area contributed by atoms with Crippen LogP contribution in [0.15, 0.2) is 9.90 Å². The third-order valence-corrected chi connectivity index (χ3v) is 3.69. The Kier molecular flexibility index (Phi) is 3.29. The van der Waals surface area contributed by atoms with Crippen LogP contribution in [0.4, 0.5) is 0 Å². The molecule has 1 aliphatic rings. The highest BCUT2D eigenvalue weighted by molar-refractivity contribution is 7.03. The van der Waals surface area contributed by atoms with Gasteiger partial charge in [-0.25, -0.2) is 0 Å². The van der Waals surface area contributed by atoms with Crippen molar-refractivity contribution in [3.63, 3.8) is 0 Å². The summed E-state index contributed by atoms with van der Waals surface area (Å²) in [7, 11) is 0. The quantitative estimate of drug-likeness (QED) is 0.882. The smallest absolute Gasteiger partial charge is 0.279 e. The van der Waals surface area contributed by atoms with E-state index < -0.39 is 5.54 Å². The van der Waals surface area contributed by atoms with Gasteiger partial charge in [0.05, 0.1) is 12.7 Å². The first-order valence-corrected chi connectivity index (χ1v) is 7.01. The van der Waals surface area contributed by atoms with Crippen molar-refractivity contribution in [2.24, 2.45) is 5.73 Å². The van der Waals surface area contributed by atoms with Gasteiger partial charge in [-0.1, -0.05) is 9.64 Å². The van der Waals surface area contributed by atoms with E-state index >= 15 is 0 Å². The zero-order chi connectivity index (χ0) is 13.3. The zero-order valence-corrected chi connectivity index (χ0v) is 11.4. The molecular formula is C11H15N5O2S. The molecule has 0 aliphatic heterocycles.